The Morgan fingerprint density at radius 1 is 0.553 bits per heavy atom. The lowest BCUT2D eigenvalue weighted by Crippen LogP contribution is -2.03. The number of pyridine rings is 1. The van der Waals surface area contributed by atoms with Crippen LogP contribution in [0, 0.1) is 12.3 Å². The maximum Gasteiger partial charge on any atom is 0.225 e. The lowest BCUT2D eigenvalue weighted by molar-refractivity contribution is 0.268. The summed E-state index contributed by atoms with van der Waals surface area (Å²) in [7, 11) is 0. The minimum Gasteiger partial charge on any atom is -0.489 e. The van der Waals surface area contributed by atoms with Crippen molar-refractivity contribution in [2.24, 2.45) is 0 Å². The molecule has 0 aliphatic rings. The second-order valence-electron chi connectivity index (χ2n) is 8.68. The summed E-state index contributed by atoms with van der Waals surface area (Å²) in [5, 5.41) is 0. The molecule has 4 heteroatoms. The van der Waals surface area contributed by atoms with Gasteiger partial charge in [0, 0.05) is 22.8 Å². The zero-order valence-corrected chi connectivity index (χ0v) is 20.9. The van der Waals surface area contributed by atoms with E-state index in [4.69, 9.17) is 25.6 Å². The van der Waals surface area contributed by atoms with E-state index in [0.29, 0.717) is 42.9 Å². The van der Waals surface area contributed by atoms with Gasteiger partial charge in [-0.15, -0.1) is 6.42 Å². The Morgan fingerprint density at radius 2 is 1.08 bits per heavy atom. The van der Waals surface area contributed by atoms with Gasteiger partial charge in [0.1, 0.15) is 25.6 Å². The molecule has 0 radical (unpaired) electrons. The molecular formula is C34H27NO3. The number of hydrogen-bond donors (Lipinski definition) is 0. The molecular weight excluding hydrogens is 470 g/mol. The molecule has 5 aromatic rings. The van der Waals surface area contributed by atoms with Crippen LogP contribution in [-0.4, -0.2) is 4.98 Å². The highest BCUT2D eigenvalue weighted by atomic mass is 16.5. The van der Waals surface area contributed by atoms with Gasteiger partial charge in [0.2, 0.25) is 11.8 Å². The molecule has 0 spiro atoms. The van der Waals surface area contributed by atoms with Crippen molar-refractivity contribution >= 4 is 0 Å². The van der Waals surface area contributed by atoms with Gasteiger partial charge in [-0.05, 0) is 41.0 Å². The highest BCUT2D eigenvalue weighted by Crippen LogP contribution is 2.35. The zero-order valence-electron chi connectivity index (χ0n) is 20.9. The molecule has 1 heterocycles. The van der Waals surface area contributed by atoms with Gasteiger partial charge in [-0.25, -0.2) is 0 Å². The zero-order chi connectivity index (χ0) is 26.0. The Morgan fingerprint density at radius 3 is 1.66 bits per heavy atom. The van der Waals surface area contributed by atoms with E-state index in [9.17, 15) is 0 Å². The van der Waals surface area contributed by atoms with Crippen LogP contribution in [0.15, 0.2) is 121 Å². The molecule has 186 valence electrons. The van der Waals surface area contributed by atoms with Gasteiger partial charge < -0.3 is 14.2 Å². The molecule has 0 N–H and O–H groups in total. The number of benzene rings is 4. The molecule has 5 rings (SSSR count). The Balaban J connectivity index is 1.41. The van der Waals surface area contributed by atoms with Crippen molar-refractivity contribution in [1.29, 1.82) is 0 Å². The fourth-order valence-electron chi connectivity index (χ4n) is 3.98. The third kappa shape index (κ3) is 6.40. The maximum absolute atomic E-state index is 6.21. The van der Waals surface area contributed by atoms with Crippen molar-refractivity contribution in [3.05, 3.63) is 144 Å². The number of nitrogens with zero attached hydrogens (tertiary/aromatic N) is 1. The van der Waals surface area contributed by atoms with E-state index < -0.39 is 0 Å². The fourth-order valence-corrected chi connectivity index (χ4v) is 3.98. The van der Waals surface area contributed by atoms with E-state index in [1.807, 2.05) is 121 Å². The Hall–Kier alpha value is -5.01. The van der Waals surface area contributed by atoms with Crippen LogP contribution in [0.2, 0.25) is 0 Å². The standard InChI is InChI=1S/C34H27NO3/c1-2-29-22-30(36-23-26-12-6-3-7-13-26)18-19-31(29)32-20-21-33(37-24-27-14-8-4-9-15-27)35-34(32)38-25-28-16-10-5-11-17-28/h1,3-22H,23-25H2. The van der Waals surface area contributed by atoms with Crippen LogP contribution in [0.1, 0.15) is 22.3 Å². The summed E-state index contributed by atoms with van der Waals surface area (Å²) in [6.07, 6.45) is 5.93. The monoisotopic (exact) mass is 497 g/mol. The molecule has 0 saturated carbocycles. The van der Waals surface area contributed by atoms with Crippen molar-refractivity contribution in [1.82, 2.24) is 4.98 Å². The number of rotatable bonds is 10. The maximum atomic E-state index is 6.21. The second kappa shape index (κ2) is 12.3. The lowest BCUT2D eigenvalue weighted by Gasteiger charge is -2.15. The second-order valence-corrected chi connectivity index (χ2v) is 8.68. The first-order chi connectivity index (χ1) is 18.8. The highest BCUT2D eigenvalue weighted by molar-refractivity contribution is 5.76. The molecule has 0 aliphatic carbocycles. The molecule has 4 aromatic carbocycles. The van der Waals surface area contributed by atoms with Gasteiger partial charge in [-0.1, -0.05) is 96.9 Å². The van der Waals surface area contributed by atoms with Crippen LogP contribution in [0.4, 0.5) is 0 Å². The van der Waals surface area contributed by atoms with E-state index in [1.54, 1.807) is 0 Å². The number of aromatic nitrogens is 1. The molecule has 0 amide bonds. The third-order valence-electron chi connectivity index (χ3n) is 5.97. The van der Waals surface area contributed by atoms with E-state index in [2.05, 4.69) is 5.92 Å². The lowest BCUT2D eigenvalue weighted by atomic mass is 10.0. The average Bonchev–Trinajstić information content (AvgIpc) is 2.99. The average molecular weight is 498 g/mol. The quantitative estimate of drug-likeness (QED) is 0.188. The van der Waals surface area contributed by atoms with Crippen LogP contribution >= 0.6 is 0 Å². The Kier molecular flexibility index (Phi) is 7.98. The first kappa shape index (κ1) is 24.7. The SMILES string of the molecule is C#Cc1cc(OCc2ccccc2)ccc1-c1ccc(OCc2ccccc2)nc1OCc1ccccc1. The largest absolute Gasteiger partial charge is 0.489 e. The topological polar surface area (TPSA) is 40.6 Å². The molecule has 0 unspecified atom stereocenters. The molecule has 0 saturated heterocycles. The minimum absolute atomic E-state index is 0.368. The number of terminal acetylenes is 1. The van der Waals surface area contributed by atoms with Crippen LogP contribution in [0.25, 0.3) is 11.1 Å². The van der Waals surface area contributed by atoms with Crippen LogP contribution in [-0.2, 0) is 19.8 Å². The first-order valence-corrected chi connectivity index (χ1v) is 12.4. The Labute approximate surface area is 223 Å². The molecule has 1 aromatic heterocycles. The molecule has 0 bridgehead atoms. The molecule has 0 atom stereocenters. The highest BCUT2D eigenvalue weighted by Gasteiger charge is 2.15. The summed E-state index contributed by atoms with van der Waals surface area (Å²) in [5.74, 6) is 4.43. The number of hydrogen-bond acceptors (Lipinski definition) is 4. The van der Waals surface area contributed by atoms with Crippen molar-refractivity contribution in [3.63, 3.8) is 0 Å². The summed E-state index contributed by atoms with van der Waals surface area (Å²) in [6.45, 7) is 1.24. The molecule has 4 nitrogen and oxygen atoms in total. The predicted molar refractivity (Wildman–Crippen MR) is 150 cm³/mol. The molecule has 0 aliphatic heterocycles. The van der Waals surface area contributed by atoms with Gasteiger partial charge >= 0.3 is 0 Å². The van der Waals surface area contributed by atoms with Gasteiger partial charge in [0.15, 0.2) is 0 Å². The van der Waals surface area contributed by atoms with Crippen molar-refractivity contribution < 1.29 is 14.2 Å². The third-order valence-corrected chi connectivity index (χ3v) is 5.97. The van der Waals surface area contributed by atoms with Crippen molar-refractivity contribution in [2.45, 2.75) is 19.8 Å². The van der Waals surface area contributed by atoms with Gasteiger partial charge in [0.25, 0.3) is 0 Å². The van der Waals surface area contributed by atoms with Gasteiger partial charge in [0.05, 0.1) is 0 Å². The smallest absolute Gasteiger partial charge is 0.225 e. The summed E-state index contributed by atoms with van der Waals surface area (Å²) < 4.78 is 18.2. The molecule has 38 heavy (non-hydrogen) atoms. The minimum atomic E-state index is 0.368. The first-order valence-electron chi connectivity index (χ1n) is 12.4. The number of ether oxygens (including phenoxy) is 3. The van der Waals surface area contributed by atoms with E-state index in [0.717, 1.165) is 27.8 Å². The van der Waals surface area contributed by atoms with Crippen LogP contribution < -0.4 is 14.2 Å². The summed E-state index contributed by atoms with van der Waals surface area (Å²) in [4.78, 5) is 4.71. The summed E-state index contributed by atoms with van der Waals surface area (Å²) in [5.41, 5.74) is 5.51. The van der Waals surface area contributed by atoms with E-state index in [1.165, 1.54) is 0 Å². The van der Waals surface area contributed by atoms with Crippen LogP contribution in [0.5, 0.6) is 17.5 Å². The fraction of sp³-hybridized carbons (Fsp3) is 0.0882. The normalized spacial score (nSPS) is 10.4. The van der Waals surface area contributed by atoms with Crippen molar-refractivity contribution in [3.8, 4) is 41.0 Å². The molecule has 0 fully saturated rings. The summed E-state index contributed by atoms with van der Waals surface area (Å²) >= 11 is 0. The van der Waals surface area contributed by atoms with E-state index >= 15 is 0 Å². The van der Waals surface area contributed by atoms with E-state index in [-0.39, 0.29) is 0 Å². The van der Waals surface area contributed by atoms with Crippen molar-refractivity contribution in [2.75, 3.05) is 0 Å². The summed E-state index contributed by atoms with van der Waals surface area (Å²) in [6, 6.07) is 39.5. The van der Waals surface area contributed by atoms with Crippen LogP contribution in [0.3, 0.4) is 0 Å². The van der Waals surface area contributed by atoms with Gasteiger partial charge in [-0.3, -0.25) is 0 Å². The Bertz CT molecular complexity index is 1510. The van der Waals surface area contributed by atoms with Gasteiger partial charge in [-0.2, -0.15) is 4.98 Å². The predicted octanol–water partition coefficient (Wildman–Crippen LogP) is 7.47.